The molecule has 0 aliphatic carbocycles. The molecule has 0 aliphatic rings. The normalized spacial score (nSPS) is 13.4. The van der Waals surface area contributed by atoms with Gasteiger partial charge in [-0.3, -0.25) is 9.18 Å². The first-order valence-electron chi connectivity index (χ1n) is 9.48. The fourth-order valence-electron chi connectivity index (χ4n) is 2.97. The van der Waals surface area contributed by atoms with E-state index in [4.69, 9.17) is 9.15 Å². The van der Waals surface area contributed by atoms with Crippen LogP contribution in [0.4, 0.5) is 4.39 Å². The molecule has 2 aromatic rings. The molecule has 0 saturated heterocycles. The van der Waals surface area contributed by atoms with Gasteiger partial charge in [0.05, 0.1) is 13.3 Å². The van der Waals surface area contributed by atoms with Gasteiger partial charge in [0.2, 0.25) is 11.8 Å². The minimum Gasteiger partial charge on any atom is -0.480 e. The SMILES string of the molecule is CCC(C)C(C(=O)O)N(CCOCCCF)C(=O)Cc1nc2ccccc2o1. The highest BCUT2D eigenvalue weighted by atomic mass is 19.1. The first kappa shape index (κ1) is 21.8. The third-order valence-corrected chi connectivity index (χ3v) is 4.63. The molecular weight excluding hydrogens is 367 g/mol. The summed E-state index contributed by atoms with van der Waals surface area (Å²) in [6.07, 6.45) is 0.732. The quantitative estimate of drug-likeness (QED) is 0.556. The van der Waals surface area contributed by atoms with Crippen LogP contribution in [0.25, 0.3) is 11.1 Å². The molecule has 7 nitrogen and oxygen atoms in total. The lowest BCUT2D eigenvalue weighted by Crippen LogP contribution is -2.50. The summed E-state index contributed by atoms with van der Waals surface area (Å²) in [5, 5.41) is 9.69. The maximum atomic E-state index is 12.9. The average Bonchev–Trinajstić information content (AvgIpc) is 3.08. The summed E-state index contributed by atoms with van der Waals surface area (Å²) >= 11 is 0. The molecule has 0 spiro atoms. The second-order valence-electron chi connectivity index (χ2n) is 6.66. The van der Waals surface area contributed by atoms with Gasteiger partial charge >= 0.3 is 5.97 Å². The Morgan fingerprint density at radius 1 is 1.32 bits per heavy atom. The molecule has 154 valence electrons. The van der Waals surface area contributed by atoms with Crippen LogP contribution in [0.1, 0.15) is 32.6 Å². The Bertz CT molecular complexity index is 746. The van der Waals surface area contributed by atoms with E-state index in [0.717, 1.165) is 0 Å². The number of carboxylic acids is 1. The number of para-hydroxylation sites is 2. The molecule has 1 heterocycles. The van der Waals surface area contributed by atoms with E-state index in [9.17, 15) is 19.1 Å². The van der Waals surface area contributed by atoms with Crippen molar-refractivity contribution in [2.75, 3.05) is 26.4 Å². The molecule has 0 fully saturated rings. The number of fused-ring (bicyclic) bond motifs is 1. The largest absolute Gasteiger partial charge is 0.480 e. The molecule has 0 saturated carbocycles. The molecule has 0 bridgehead atoms. The van der Waals surface area contributed by atoms with Crippen LogP contribution < -0.4 is 0 Å². The summed E-state index contributed by atoms with van der Waals surface area (Å²) in [5.41, 5.74) is 1.21. The number of carbonyl (C=O) groups excluding carboxylic acids is 1. The number of hydrogen-bond acceptors (Lipinski definition) is 5. The van der Waals surface area contributed by atoms with Crippen molar-refractivity contribution in [3.05, 3.63) is 30.2 Å². The standard InChI is InChI=1S/C20H27FN2O5/c1-3-14(2)19(20(25)26)23(10-12-27-11-6-9-21)18(24)13-17-22-15-7-4-5-8-16(15)28-17/h4-5,7-8,14,19H,3,6,9-13H2,1-2H3,(H,25,26). The number of amides is 1. The molecule has 2 atom stereocenters. The zero-order valence-corrected chi connectivity index (χ0v) is 16.3. The Balaban J connectivity index is 2.14. The maximum Gasteiger partial charge on any atom is 0.326 e. The van der Waals surface area contributed by atoms with E-state index in [2.05, 4.69) is 4.98 Å². The average molecular weight is 394 g/mol. The van der Waals surface area contributed by atoms with Gasteiger partial charge in [0.15, 0.2) is 5.58 Å². The van der Waals surface area contributed by atoms with Crippen LogP contribution in [-0.2, 0) is 20.7 Å². The number of ether oxygens (including phenoxy) is 1. The number of nitrogens with zero attached hydrogens (tertiary/aromatic N) is 2. The lowest BCUT2D eigenvalue weighted by atomic mass is 9.97. The van der Waals surface area contributed by atoms with Gasteiger partial charge in [0.1, 0.15) is 18.0 Å². The summed E-state index contributed by atoms with van der Waals surface area (Å²) in [7, 11) is 0. The fourth-order valence-corrected chi connectivity index (χ4v) is 2.97. The second kappa shape index (κ2) is 10.8. The van der Waals surface area contributed by atoms with Gasteiger partial charge in [-0.2, -0.15) is 0 Å². The van der Waals surface area contributed by atoms with E-state index >= 15 is 0 Å². The van der Waals surface area contributed by atoms with E-state index in [1.807, 2.05) is 19.1 Å². The fraction of sp³-hybridized carbons (Fsp3) is 0.550. The minimum absolute atomic E-state index is 0.104. The van der Waals surface area contributed by atoms with Gasteiger partial charge in [0.25, 0.3) is 0 Å². The summed E-state index contributed by atoms with van der Waals surface area (Å²) in [6.45, 7) is 3.66. The maximum absolute atomic E-state index is 12.9. The Kier molecular flexibility index (Phi) is 8.38. The highest BCUT2D eigenvalue weighted by Gasteiger charge is 2.33. The Morgan fingerprint density at radius 3 is 2.71 bits per heavy atom. The molecule has 1 N–H and O–H groups in total. The van der Waals surface area contributed by atoms with Gasteiger partial charge in [0, 0.05) is 13.2 Å². The van der Waals surface area contributed by atoms with Gasteiger partial charge in [-0.05, 0) is 24.5 Å². The number of oxazole rings is 1. The number of alkyl halides is 1. The van der Waals surface area contributed by atoms with E-state index < -0.39 is 24.6 Å². The first-order chi connectivity index (χ1) is 13.5. The Labute approximate surface area is 163 Å². The molecule has 2 rings (SSSR count). The van der Waals surface area contributed by atoms with Crippen LogP contribution in [0.2, 0.25) is 0 Å². The lowest BCUT2D eigenvalue weighted by Gasteiger charge is -2.32. The zero-order chi connectivity index (χ0) is 20.5. The summed E-state index contributed by atoms with van der Waals surface area (Å²) < 4.78 is 23.1. The molecule has 1 aromatic heterocycles. The van der Waals surface area contributed by atoms with Crippen molar-refractivity contribution in [3.63, 3.8) is 0 Å². The van der Waals surface area contributed by atoms with Crippen molar-refractivity contribution < 1.29 is 28.2 Å². The van der Waals surface area contributed by atoms with Crippen LogP contribution >= 0.6 is 0 Å². The summed E-state index contributed by atoms with van der Waals surface area (Å²) in [5.74, 6) is -1.46. The van der Waals surface area contributed by atoms with Crippen LogP contribution in [0.3, 0.4) is 0 Å². The highest BCUT2D eigenvalue weighted by molar-refractivity contribution is 5.85. The number of rotatable bonds is 12. The smallest absolute Gasteiger partial charge is 0.326 e. The topological polar surface area (TPSA) is 92.9 Å². The van der Waals surface area contributed by atoms with Crippen molar-refractivity contribution in [1.29, 1.82) is 0 Å². The number of benzene rings is 1. The van der Waals surface area contributed by atoms with E-state index in [0.29, 0.717) is 17.5 Å². The van der Waals surface area contributed by atoms with E-state index in [-0.39, 0.29) is 44.4 Å². The zero-order valence-electron chi connectivity index (χ0n) is 16.3. The van der Waals surface area contributed by atoms with Crippen molar-refractivity contribution in [2.24, 2.45) is 5.92 Å². The van der Waals surface area contributed by atoms with Gasteiger partial charge in [-0.1, -0.05) is 32.4 Å². The monoisotopic (exact) mass is 394 g/mol. The van der Waals surface area contributed by atoms with Crippen molar-refractivity contribution >= 4 is 23.0 Å². The highest BCUT2D eigenvalue weighted by Crippen LogP contribution is 2.19. The van der Waals surface area contributed by atoms with Crippen molar-refractivity contribution in [1.82, 2.24) is 9.88 Å². The second-order valence-corrected chi connectivity index (χ2v) is 6.66. The molecule has 1 aromatic carbocycles. The minimum atomic E-state index is -1.07. The molecule has 28 heavy (non-hydrogen) atoms. The molecule has 1 amide bonds. The van der Waals surface area contributed by atoms with Crippen molar-refractivity contribution in [3.8, 4) is 0 Å². The van der Waals surface area contributed by atoms with Crippen molar-refractivity contribution in [2.45, 2.75) is 39.2 Å². The van der Waals surface area contributed by atoms with E-state index in [1.165, 1.54) is 4.90 Å². The third kappa shape index (κ3) is 5.76. The number of aromatic nitrogens is 1. The number of halogens is 1. The number of hydrogen-bond donors (Lipinski definition) is 1. The third-order valence-electron chi connectivity index (χ3n) is 4.63. The van der Waals surface area contributed by atoms with Gasteiger partial charge in [-0.25, -0.2) is 9.78 Å². The number of carbonyl (C=O) groups is 2. The Hall–Kier alpha value is -2.48. The molecule has 8 heteroatoms. The van der Waals surface area contributed by atoms with Gasteiger partial charge < -0.3 is 19.2 Å². The van der Waals surface area contributed by atoms with Crippen LogP contribution in [0.15, 0.2) is 28.7 Å². The van der Waals surface area contributed by atoms with Crippen LogP contribution in [0, 0.1) is 5.92 Å². The molecule has 2 unspecified atom stereocenters. The predicted molar refractivity (Wildman–Crippen MR) is 102 cm³/mol. The summed E-state index contributed by atoms with van der Waals surface area (Å²) in [4.78, 5) is 30.4. The number of aliphatic carboxylic acids is 1. The Morgan fingerprint density at radius 2 is 2.07 bits per heavy atom. The molecule has 0 radical (unpaired) electrons. The van der Waals surface area contributed by atoms with Crippen LogP contribution in [-0.4, -0.2) is 59.3 Å². The number of carboxylic acid groups (broad SMARTS) is 1. The molecular formula is C20H27FN2O5. The van der Waals surface area contributed by atoms with Gasteiger partial charge in [-0.15, -0.1) is 0 Å². The molecule has 0 aliphatic heterocycles. The summed E-state index contributed by atoms with van der Waals surface area (Å²) in [6, 6.07) is 6.19. The van der Waals surface area contributed by atoms with Crippen LogP contribution in [0.5, 0.6) is 0 Å². The predicted octanol–water partition coefficient (Wildman–Crippen LogP) is 3.07. The first-order valence-corrected chi connectivity index (χ1v) is 9.48. The van der Waals surface area contributed by atoms with E-state index in [1.54, 1.807) is 19.1 Å². The lowest BCUT2D eigenvalue weighted by molar-refractivity contribution is -0.153.